The average Bonchev–Trinajstić information content (AvgIpc) is 2.88. The molecule has 0 aromatic heterocycles. The first-order valence-electron chi connectivity index (χ1n) is 14.7. The van der Waals surface area contributed by atoms with E-state index in [0.29, 0.717) is 19.4 Å². The van der Waals surface area contributed by atoms with Gasteiger partial charge in [-0.15, -0.1) is 0 Å². The van der Waals surface area contributed by atoms with Crippen molar-refractivity contribution in [3.8, 4) is 0 Å². The van der Waals surface area contributed by atoms with Crippen LogP contribution in [0.15, 0.2) is 48.6 Å². The van der Waals surface area contributed by atoms with Crippen molar-refractivity contribution in [2.75, 3.05) is 19.8 Å². The van der Waals surface area contributed by atoms with Gasteiger partial charge in [0.05, 0.1) is 13.2 Å². The molecule has 4 nitrogen and oxygen atoms in total. The molecule has 4 heteroatoms. The van der Waals surface area contributed by atoms with Gasteiger partial charge in [-0.3, -0.25) is 4.79 Å². The molecule has 0 aliphatic carbocycles. The molecular weight excluding hydrogens is 448 g/mol. The van der Waals surface area contributed by atoms with Gasteiger partial charge >= 0.3 is 5.97 Å². The van der Waals surface area contributed by atoms with Gasteiger partial charge < -0.3 is 14.6 Å². The van der Waals surface area contributed by atoms with Gasteiger partial charge in [0.25, 0.3) is 0 Å². The number of rotatable bonds is 26. The van der Waals surface area contributed by atoms with E-state index in [-0.39, 0.29) is 19.2 Å². The van der Waals surface area contributed by atoms with E-state index in [1.807, 2.05) is 6.08 Å². The Balaban J connectivity index is 3.61. The zero-order valence-corrected chi connectivity index (χ0v) is 23.5. The first-order chi connectivity index (χ1) is 17.7. The molecule has 0 radical (unpaired) electrons. The third-order valence-electron chi connectivity index (χ3n) is 5.93. The SMILES string of the molecule is CC/C=C\C/C=C\C/C=C\C/C=C\CCC(=O)OC(CO)COCCCCCCCCCCCCC. The summed E-state index contributed by atoms with van der Waals surface area (Å²) < 4.78 is 11.0. The topological polar surface area (TPSA) is 55.8 Å². The summed E-state index contributed by atoms with van der Waals surface area (Å²) in [6, 6.07) is 0. The van der Waals surface area contributed by atoms with Crippen molar-refractivity contribution in [3.63, 3.8) is 0 Å². The van der Waals surface area contributed by atoms with E-state index in [9.17, 15) is 9.90 Å². The Kier molecular flexibility index (Phi) is 28.2. The summed E-state index contributed by atoms with van der Waals surface area (Å²) in [5.41, 5.74) is 0. The van der Waals surface area contributed by atoms with Crippen LogP contribution < -0.4 is 0 Å². The third-order valence-corrected chi connectivity index (χ3v) is 5.93. The summed E-state index contributed by atoms with van der Waals surface area (Å²) in [5.74, 6) is -0.283. The Bertz CT molecular complexity index is 577. The molecule has 0 amide bonds. The van der Waals surface area contributed by atoms with E-state index in [1.54, 1.807) is 0 Å². The minimum absolute atomic E-state index is 0.200. The lowest BCUT2D eigenvalue weighted by atomic mass is 10.1. The summed E-state index contributed by atoms with van der Waals surface area (Å²) in [4.78, 5) is 12.0. The van der Waals surface area contributed by atoms with Crippen molar-refractivity contribution in [2.24, 2.45) is 0 Å². The Labute approximate surface area is 222 Å². The lowest BCUT2D eigenvalue weighted by Gasteiger charge is -2.15. The Morgan fingerprint density at radius 2 is 1.19 bits per heavy atom. The van der Waals surface area contributed by atoms with Crippen LogP contribution in [0, 0.1) is 0 Å². The zero-order valence-electron chi connectivity index (χ0n) is 23.5. The fraction of sp³-hybridized carbons (Fsp3) is 0.719. The van der Waals surface area contributed by atoms with Gasteiger partial charge in [0.1, 0.15) is 6.10 Å². The molecule has 0 bridgehead atoms. The van der Waals surface area contributed by atoms with E-state index in [2.05, 4.69) is 56.4 Å². The number of aliphatic hydroxyl groups excluding tert-OH is 1. The van der Waals surface area contributed by atoms with E-state index in [0.717, 1.165) is 32.1 Å². The number of esters is 1. The van der Waals surface area contributed by atoms with Crippen molar-refractivity contribution < 1.29 is 19.4 Å². The van der Waals surface area contributed by atoms with Crippen LogP contribution in [0.2, 0.25) is 0 Å². The fourth-order valence-corrected chi connectivity index (χ4v) is 3.75. The second kappa shape index (κ2) is 29.6. The molecule has 0 aromatic carbocycles. The Morgan fingerprint density at radius 3 is 1.72 bits per heavy atom. The van der Waals surface area contributed by atoms with Crippen LogP contribution in [0.25, 0.3) is 0 Å². The van der Waals surface area contributed by atoms with Crippen LogP contribution >= 0.6 is 0 Å². The molecule has 0 aliphatic rings. The lowest BCUT2D eigenvalue weighted by Crippen LogP contribution is -2.27. The maximum atomic E-state index is 12.0. The van der Waals surface area contributed by atoms with E-state index in [4.69, 9.17) is 9.47 Å². The minimum Gasteiger partial charge on any atom is -0.457 e. The first kappa shape index (κ1) is 34.4. The number of carbonyl (C=O) groups excluding carboxylic acids is 1. The minimum atomic E-state index is -0.567. The molecule has 1 atom stereocenters. The fourth-order valence-electron chi connectivity index (χ4n) is 3.75. The van der Waals surface area contributed by atoms with Crippen LogP contribution in [0.4, 0.5) is 0 Å². The number of allylic oxidation sites excluding steroid dienone is 8. The molecule has 0 saturated carbocycles. The third kappa shape index (κ3) is 26.9. The molecule has 0 aliphatic heterocycles. The van der Waals surface area contributed by atoms with Gasteiger partial charge in [0.15, 0.2) is 0 Å². The van der Waals surface area contributed by atoms with Crippen LogP contribution in [0.5, 0.6) is 0 Å². The second-order valence-electron chi connectivity index (χ2n) is 9.44. The molecule has 0 fully saturated rings. The summed E-state index contributed by atoms with van der Waals surface area (Å²) >= 11 is 0. The van der Waals surface area contributed by atoms with Crippen molar-refractivity contribution in [1.82, 2.24) is 0 Å². The largest absolute Gasteiger partial charge is 0.457 e. The summed E-state index contributed by atoms with van der Waals surface area (Å²) in [7, 11) is 0. The van der Waals surface area contributed by atoms with Gasteiger partial charge in [-0.1, -0.05) is 127 Å². The molecule has 0 aromatic rings. The number of hydrogen-bond acceptors (Lipinski definition) is 4. The van der Waals surface area contributed by atoms with Gasteiger partial charge in [0.2, 0.25) is 0 Å². The highest BCUT2D eigenvalue weighted by atomic mass is 16.6. The Morgan fingerprint density at radius 1 is 0.694 bits per heavy atom. The van der Waals surface area contributed by atoms with E-state index < -0.39 is 6.10 Å². The summed E-state index contributed by atoms with van der Waals surface area (Å²) in [6.45, 7) is 5.13. The average molecular weight is 505 g/mol. The molecule has 208 valence electrons. The second-order valence-corrected chi connectivity index (χ2v) is 9.44. The van der Waals surface area contributed by atoms with Crippen LogP contribution in [-0.2, 0) is 14.3 Å². The smallest absolute Gasteiger partial charge is 0.306 e. The summed E-state index contributed by atoms with van der Waals surface area (Å²) in [5, 5.41) is 9.46. The normalized spacial score (nSPS) is 13.1. The molecule has 0 spiro atoms. The van der Waals surface area contributed by atoms with Crippen molar-refractivity contribution in [1.29, 1.82) is 0 Å². The van der Waals surface area contributed by atoms with Gasteiger partial charge in [-0.2, -0.15) is 0 Å². The summed E-state index contributed by atoms with van der Waals surface area (Å²) in [6.07, 6.45) is 35.7. The quantitative estimate of drug-likeness (QED) is 0.0726. The highest BCUT2D eigenvalue weighted by Crippen LogP contribution is 2.11. The Hall–Kier alpha value is -1.65. The van der Waals surface area contributed by atoms with E-state index in [1.165, 1.54) is 64.2 Å². The molecule has 0 heterocycles. The predicted molar refractivity (Wildman–Crippen MR) is 154 cm³/mol. The number of carbonyl (C=O) groups is 1. The molecule has 1 unspecified atom stereocenters. The van der Waals surface area contributed by atoms with Gasteiger partial charge in [-0.05, 0) is 38.5 Å². The molecule has 1 N–H and O–H groups in total. The van der Waals surface area contributed by atoms with Crippen LogP contribution in [-0.4, -0.2) is 37.0 Å². The highest BCUT2D eigenvalue weighted by Gasteiger charge is 2.13. The van der Waals surface area contributed by atoms with Crippen molar-refractivity contribution in [3.05, 3.63) is 48.6 Å². The first-order valence-corrected chi connectivity index (χ1v) is 14.7. The lowest BCUT2D eigenvalue weighted by molar-refractivity contribution is -0.154. The maximum absolute atomic E-state index is 12.0. The number of ether oxygens (including phenoxy) is 2. The number of unbranched alkanes of at least 4 members (excludes halogenated alkanes) is 10. The maximum Gasteiger partial charge on any atom is 0.306 e. The van der Waals surface area contributed by atoms with Crippen LogP contribution in [0.3, 0.4) is 0 Å². The van der Waals surface area contributed by atoms with Crippen molar-refractivity contribution in [2.45, 2.75) is 129 Å². The van der Waals surface area contributed by atoms with Gasteiger partial charge in [-0.25, -0.2) is 0 Å². The highest BCUT2D eigenvalue weighted by molar-refractivity contribution is 5.69. The zero-order chi connectivity index (χ0) is 26.4. The van der Waals surface area contributed by atoms with Crippen molar-refractivity contribution >= 4 is 5.97 Å². The van der Waals surface area contributed by atoms with E-state index >= 15 is 0 Å². The van der Waals surface area contributed by atoms with Crippen LogP contribution in [0.1, 0.15) is 123 Å². The molecule has 0 saturated heterocycles. The standard InChI is InChI=1S/C32H56O4/c1-3-5-7-9-11-13-15-16-17-19-21-23-25-27-32(34)36-31(29-33)30-35-28-26-24-22-20-18-14-12-10-8-6-4-2/h5,7,11,13,16-17,21,23,31,33H,3-4,6,8-10,12,14-15,18-20,22,24-30H2,1-2H3/b7-5-,13-11-,17-16-,23-21-. The van der Waals surface area contributed by atoms with Gasteiger partial charge in [0, 0.05) is 13.0 Å². The predicted octanol–water partition coefficient (Wildman–Crippen LogP) is 8.80. The number of hydrogen-bond donors (Lipinski definition) is 1. The molecule has 0 rings (SSSR count). The molecule has 36 heavy (non-hydrogen) atoms. The molecular formula is C32H56O4. The monoisotopic (exact) mass is 504 g/mol. The number of aliphatic hydroxyl groups is 1.